The Morgan fingerprint density at radius 2 is 2.23 bits per heavy atom. The molecule has 0 saturated carbocycles. The Hall–Kier alpha value is -0.970. The van der Waals surface area contributed by atoms with Crippen molar-refractivity contribution in [1.29, 1.82) is 0 Å². The number of nitrogens with zero attached hydrogens (tertiary/aromatic N) is 1. The van der Waals surface area contributed by atoms with E-state index in [0.29, 0.717) is 18.8 Å². The second-order valence-corrected chi connectivity index (χ2v) is 3.06. The summed E-state index contributed by atoms with van der Waals surface area (Å²) in [6.07, 6.45) is -2.52. The van der Waals surface area contributed by atoms with Gasteiger partial charge in [-0.05, 0) is 12.1 Å². The Labute approximate surface area is 73.4 Å². The van der Waals surface area contributed by atoms with Gasteiger partial charge in [-0.3, -0.25) is 5.32 Å². The van der Waals surface area contributed by atoms with E-state index in [4.69, 9.17) is 0 Å². The van der Waals surface area contributed by atoms with Gasteiger partial charge in [0, 0.05) is 25.0 Å². The van der Waals surface area contributed by atoms with E-state index in [0.717, 1.165) is 0 Å². The van der Waals surface area contributed by atoms with Crippen molar-refractivity contribution in [2.75, 3.05) is 6.54 Å². The van der Waals surface area contributed by atoms with Gasteiger partial charge in [-0.25, -0.2) is 0 Å². The highest BCUT2D eigenvalue weighted by atomic mass is 19.4. The van der Waals surface area contributed by atoms with Crippen molar-refractivity contribution < 1.29 is 13.2 Å². The van der Waals surface area contributed by atoms with Crippen LogP contribution in [0.15, 0.2) is 18.3 Å². The zero-order chi connectivity index (χ0) is 9.47. The fraction of sp³-hybridized carbons (Fsp3) is 0.500. The SMILES string of the molecule is FC(F)(F)C1NCCn2cccc21. The van der Waals surface area contributed by atoms with E-state index >= 15 is 0 Å². The lowest BCUT2D eigenvalue weighted by Gasteiger charge is -2.27. The summed E-state index contributed by atoms with van der Waals surface area (Å²) >= 11 is 0. The van der Waals surface area contributed by atoms with Crippen molar-refractivity contribution in [2.45, 2.75) is 18.8 Å². The number of alkyl halides is 3. The van der Waals surface area contributed by atoms with Crippen LogP contribution < -0.4 is 5.32 Å². The van der Waals surface area contributed by atoms with Gasteiger partial charge in [-0.15, -0.1) is 0 Å². The molecule has 0 spiro atoms. The van der Waals surface area contributed by atoms with Gasteiger partial charge in [0.1, 0.15) is 6.04 Å². The molecule has 1 aromatic rings. The van der Waals surface area contributed by atoms with E-state index in [9.17, 15) is 13.2 Å². The lowest BCUT2D eigenvalue weighted by atomic mass is 10.1. The summed E-state index contributed by atoms with van der Waals surface area (Å²) in [6, 6.07) is 1.64. The van der Waals surface area contributed by atoms with Gasteiger partial charge >= 0.3 is 6.18 Å². The lowest BCUT2D eigenvalue weighted by Crippen LogP contribution is -2.41. The number of fused-ring (bicyclic) bond motifs is 1. The lowest BCUT2D eigenvalue weighted by molar-refractivity contribution is -0.161. The number of hydrogen-bond acceptors (Lipinski definition) is 1. The summed E-state index contributed by atoms with van der Waals surface area (Å²) < 4.78 is 38.9. The quantitative estimate of drug-likeness (QED) is 0.658. The molecule has 0 fully saturated rings. The van der Waals surface area contributed by atoms with Crippen LogP contribution in [0.1, 0.15) is 11.7 Å². The molecule has 1 aromatic heterocycles. The summed E-state index contributed by atoms with van der Waals surface area (Å²) in [7, 11) is 0. The maximum Gasteiger partial charge on any atom is 0.409 e. The molecule has 0 aliphatic carbocycles. The first-order chi connectivity index (χ1) is 6.09. The van der Waals surface area contributed by atoms with Crippen molar-refractivity contribution in [1.82, 2.24) is 9.88 Å². The van der Waals surface area contributed by atoms with E-state index < -0.39 is 12.2 Å². The van der Waals surface area contributed by atoms with Gasteiger partial charge in [-0.2, -0.15) is 13.2 Å². The maximum atomic E-state index is 12.4. The van der Waals surface area contributed by atoms with Gasteiger partial charge in [0.2, 0.25) is 0 Å². The van der Waals surface area contributed by atoms with Gasteiger partial charge in [-0.1, -0.05) is 0 Å². The Morgan fingerprint density at radius 1 is 1.46 bits per heavy atom. The molecule has 72 valence electrons. The summed E-state index contributed by atoms with van der Waals surface area (Å²) in [5, 5.41) is 2.46. The summed E-state index contributed by atoms with van der Waals surface area (Å²) in [4.78, 5) is 0. The van der Waals surface area contributed by atoms with Crippen LogP contribution >= 0.6 is 0 Å². The fourth-order valence-electron chi connectivity index (χ4n) is 1.61. The molecule has 1 unspecified atom stereocenters. The predicted octanol–water partition coefficient (Wildman–Crippen LogP) is 1.69. The molecule has 5 heteroatoms. The molecule has 0 amide bonds. The van der Waals surface area contributed by atoms with Crippen LogP contribution in [0, 0.1) is 0 Å². The van der Waals surface area contributed by atoms with E-state index in [-0.39, 0.29) is 0 Å². The molecule has 0 aromatic carbocycles. The van der Waals surface area contributed by atoms with E-state index in [1.54, 1.807) is 16.8 Å². The van der Waals surface area contributed by atoms with Crippen LogP contribution in [0.5, 0.6) is 0 Å². The van der Waals surface area contributed by atoms with Gasteiger partial charge < -0.3 is 4.57 Å². The molecule has 2 rings (SSSR count). The Balaban J connectivity index is 2.35. The van der Waals surface area contributed by atoms with Crippen LogP contribution in [0.3, 0.4) is 0 Å². The molecule has 0 bridgehead atoms. The topological polar surface area (TPSA) is 17.0 Å². The third-order valence-electron chi connectivity index (χ3n) is 2.19. The molecular weight excluding hydrogens is 181 g/mol. The van der Waals surface area contributed by atoms with E-state index in [1.165, 1.54) is 6.07 Å². The zero-order valence-electron chi connectivity index (χ0n) is 6.80. The third kappa shape index (κ3) is 1.44. The molecule has 1 aliphatic rings. The normalized spacial score (nSPS) is 22.8. The summed E-state index contributed by atoms with van der Waals surface area (Å²) in [5.41, 5.74) is 0.304. The Bertz CT molecular complexity index is 303. The van der Waals surface area contributed by atoms with Gasteiger partial charge in [0.05, 0.1) is 0 Å². The molecule has 1 atom stereocenters. The maximum absolute atomic E-state index is 12.4. The van der Waals surface area contributed by atoms with Crippen LogP contribution in [0.25, 0.3) is 0 Å². The Kier molecular flexibility index (Phi) is 1.83. The van der Waals surface area contributed by atoms with Gasteiger partial charge in [0.25, 0.3) is 0 Å². The van der Waals surface area contributed by atoms with E-state index in [1.807, 2.05) is 0 Å². The van der Waals surface area contributed by atoms with Crippen LogP contribution in [-0.2, 0) is 6.54 Å². The molecule has 2 heterocycles. The van der Waals surface area contributed by atoms with Crippen molar-refractivity contribution in [3.05, 3.63) is 24.0 Å². The van der Waals surface area contributed by atoms with E-state index in [2.05, 4.69) is 5.32 Å². The standard InChI is InChI=1S/C8H9F3N2/c9-8(10,11)7-6-2-1-4-13(6)5-3-12-7/h1-2,4,7,12H,3,5H2. The van der Waals surface area contributed by atoms with Gasteiger partial charge in [0.15, 0.2) is 0 Å². The molecule has 0 radical (unpaired) electrons. The summed E-state index contributed by atoms with van der Waals surface area (Å²) in [5.74, 6) is 0. The monoisotopic (exact) mass is 190 g/mol. The largest absolute Gasteiger partial charge is 0.409 e. The average molecular weight is 190 g/mol. The third-order valence-corrected chi connectivity index (χ3v) is 2.19. The first-order valence-electron chi connectivity index (χ1n) is 4.04. The average Bonchev–Trinajstić information content (AvgIpc) is 2.48. The molecule has 13 heavy (non-hydrogen) atoms. The first kappa shape index (κ1) is 8.62. The smallest absolute Gasteiger partial charge is 0.348 e. The molecular formula is C8H9F3N2. The summed E-state index contributed by atoms with van der Waals surface area (Å²) in [6.45, 7) is 0.973. The van der Waals surface area contributed by atoms with Crippen molar-refractivity contribution >= 4 is 0 Å². The number of rotatable bonds is 0. The minimum Gasteiger partial charge on any atom is -0.348 e. The molecule has 2 nitrogen and oxygen atoms in total. The van der Waals surface area contributed by atoms with Crippen molar-refractivity contribution in [3.63, 3.8) is 0 Å². The second-order valence-electron chi connectivity index (χ2n) is 3.06. The number of aromatic nitrogens is 1. The predicted molar refractivity (Wildman–Crippen MR) is 41.2 cm³/mol. The highest BCUT2D eigenvalue weighted by molar-refractivity contribution is 5.15. The minimum absolute atomic E-state index is 0.304. The van der Waals surface area contributed by atoms with Crippen LogP contribution in [0.4, 0.5) is 13.2 Å². The van der Waals surface area contributed by atoms with Crippen molar-refractivity contribution in [3.8, 4) is 0 Å². The molecule has 0 saturated heterocycles. The number of hydrogen-bond donors (Lipinski definition) is 1. The van der Waals surface area contributed by atoms with Crippen molar-refractivity contribution in [2.24, 2.45) is 0 Å². The zero-order valence-corrected chi connectivity index (χ0v) is 6.80. The Morgan fingerprint density at radius 3 is 2.92 bits per heavy atom. The highest BCUT2D eigenvalue weighted by Gasteiger charge is 2.43. The number of nitrogens with one attached hydrogen (secondary N) is 1. The van der Waals surface area contributed by atoms with Crippen LogP contribution in [0.2, 0.25) is 0 Å². The second kappa shape index (κ2) is 2.77. The number of halogens is 3. The van der Waals surface area contributed by atoms with Crippen LogP contribution in [-0.4, -0.2) is 17.3 Å². The fourth-order valence-corrected chi connectivity index (χ4v) is 1.61. The first-order valence-corrected chi connectivity index (χ1v) is 4.04. The minimum atomic E-state index is -4.20. The highest BCUT2D eigenvalue weighted by Crippen LogP contribution is 2.34. The molecule has 1 N–H and O–H groups in total. The molecule has 1 aliphatic heterocycles.